The minimum Gasteiger partial charge on any atom is -0.473 e. The van der Waals surface area contributed by atoms with Crippen LogP contribution in [-0.4, -0.2) is 44.8 Å². The molecule has 0 aromatic carbocycles. The van der Waals surface area contributed by atoms with Crippen molar-refractivity contribution in [3.05, 3.63) is 16.1 Å². The number of nitrogens with one attached hydrogen (secondary N) is 1. The Balaban J connectivity index is 1.89. The van der Waals surface area contributed by atoms with Crippen LogP contribution in [0.25, 0.3) is 10.3 Å². The van der Waals surface area contributed by atoms with E-state index in [1.807, 2.05) is 19.2 Å². The average Bonchev–Trinajstić information content (AvgIpc) is 3.18. The minimum atomic E-state index is -0.116. The predicted octanol–water partition coefficient (Wildman–Crippen LogP) is 2.94. The van der Waals surface area contributed by atoms with E-state index in [9.17, 15) is 5.11 Å². The van der Waals surface area contributed by atoms with E-state index < -0.39 is 0 Å². The topological polar surface area (TPSA) is 93.1 Å². The fourth-order valence-corrected chi connectivity index (χ4v) is 4.15. The number of thioether (sulfide) groups is 1. The predicted molar refractivity (Wildman–Crippen MR) is 98.3 cm³/mol. The van der Waals surface area contributed by atoms with Crippen LogP contribution in [-0.2, 0) is 5.75 Å². The molecule has 7 nitrogen and oxygen atoms in total. The summed E-state index contributed by atoms with van der Waals surface area (Å²) < 4.78 is 6.02. The molecule has 128 valence electrons. The van der Waals surface area contributed by atoms with E-state index >= 15 is 0 Å². The van der Waals surface area contributed by atoms with Crippen LogP contribution in [0.3, 0.4) is 0 Å². The maximum absolute atomic E-state index is 9.29. The van der Waals surface area contributed by atoms with Gasteiger partial charge in [-0.3, -0.25) is 0 Å². The summed E-state index contributed by atoms with van der Waals surface area (Å²) in [5, 5.41) is 16.7. The number of methoxy groups -OCH3 is 1. The zero-order valence-corrected chi connectivity index (χ0v) is 15.9. The van der Waals surface area contributed by atoms with Crippen molar-refractivity contribution in [3.8, 4) is 5.19 Å². The highest BCUT2D eigenvalue weighted by Gasteiger charge is 2.16. The first-order chi connectivity index (χ1) is 11.6. The maximum atomic E-state index is 9.29. The van der Waals surface area contributed by atoms with E-state index in [4.69, 9.17) is 4.74 Å². The van der Waals surface area contributed by atoms with Crippen LogP contribution in [0, 0.1) is 6.92 Å². The molecule has 3 heterocycles. The van der Waals surface area contributed by atoms with Crippen LogP contribution in [0.15, 0.2) is 10.5 Å². The highest BCUT2D eigenvalue weighted by Crippen LogP contribution is 2.33. The monoisotopic (exact) mass is 383 g/mol. The molecule has 0 radical (unpaired) electrons. The number of aliphatic hydroxyl groups is 1. The number of nitrogens with zero attached hydrogens (tertiary/aromatic N) is 4. The second-order valence-corrected chi connectivity index (χ2v) is 8.03. The van der Waals surface area contributed by atoms with Crippen molar-refractivity contribution >= 4 is 50.6 Å². The molecule has 0 aliphatic rings. The van der Waals surface area contributed by atoms with E-state index in [0.29, 0.717) is 27.6 Å². The van der Waals surface area contributed by atoms with Gasteiger partial charge in [0.2, 0.25) is 0 Å². The van der Waals surface area contributed by atoms with Gasteiger partial charge in [-0.2, -0.15) is 4.98 Å². The van der Waals surface area contributed by atoms with Gasteiger partial charge in [-0.25, -0.2) is 15.0 Å². The molecular weight excluding hydrogens is 366 g/mol. The molecular formula is C14H17N5O2S3. The van der Waals surface area contributed by atoms with Gasteiger partial charge in [-0.1, -0.05) is 23.1 Å². The third kappa shape index (κ3) is 3.94. The zero-order chi connectivity index (χ0) is 17.1. The Morgan fingerprint density at radius 1 is 1.33 bits per heavy atom. The summed E-state index contributed by atoms with van der Waals surface area (Å²) in [6.45, 7) is 3.89. The Labute approximate surface area is 151 Å². The summed E-state index contributed by atoms with van der Waals surface area (Å²) in [6, 6.07) is -0.116. The molecule has 0 bridgehead atoms. The molecule has 0 spiro atoms. The average molecular weight is 384 g/mol. The first kappa shape index (κ1) is 17.3. The molecule has 3 aromatic heterocycles. The SMILES string of the molecule is COc1nc2nc(SCc3csc(C)n3)nc(N[C@H](C)CO)c2s1. The molecule has 3 aromatic rings. The number of fused-ring (bicyclic) bond motifs is 1. The second kappa shape index (κ2) is 7.60. The van der Waals surface area contributed by atoms with Gasteiger partial charge in [0.1, 0.15) is 4.70 Å². The highest BCUT2D eigenvalue weighted by atomic mass is 32.2. The minimum absolute atomic E-state index is 0.0159. The molecule has 0 saturated carbocycles. The van der Waals surface area contributed by atoms with Gasteiger partial charge in [0.15, 0.2) is 16.6 Å². The molecule has 3 rings (SSSR count). The molecule has 24 heavy (non-hydrogen) atoms. The quantitative estimate of drug-likeness (QED) is 0.475. The molecule has 10 heteroatoms. The fraction of sp³-hybridized carbons (Fsp3) is 0.429. The Bertz CT molecular complexity index is 835. The van der Waals surface area contributed by atoms with Crippen molar-refractivity contribution in [1.29, 1.82) is 0 Å². The van der Waals surface area contributed by atoms with E-state index in [0.717, 1.165) is 15.4 Å². The van der Waals surface area contributed by atoms with Gasteiger partial charge in [0.05, 0.1) is 24.4 Å². The molecule has 0 saturated heterocycles. The van der Waals surface area contributed by atoms with Gasteiger partial charge in [-0.05, 0) is 13.8 Å². The van der Waals surface area contributed by atoms with Crippen molar-refractivity contribution in [2.24, 2.45) is 0 Å². The molecule has 0 aliphatic heterocycles. The fourth-order valence-electron chi connectivity index (χ4n) is 1.93. The number of anilines is 1. The molecule has 2 N–H and O–H groups in total. The normalized spacial score (nSPS) is 12.5. The lowest BCUT2D eigenvalue weighted by Gasteiger charge is -2.12. The van der Waals surface area contributed by atoms with Gasteiger partial charge in [0, 0.05) is 17.2 Å². The molecule has 0 fully saturated rings. The van der Waals surface area contributed by atoms with E-state index in [1.54, 1.807) is 18.4 Å². The van der Waals surface area contributed by atoms with Crippen LogP contribution >= 0.6 is 34.4 Å². The number of aryl methyl sites for hydroxylation is 1. The van der Waals surface area contributed by atoms with Gasteiger partial charge in [-0.15, -0.1) is 11.3 Å². The van der Waals surface area contributed by atoms with E-state index in [1.165, 1.54) is 23.1 Å². The lowest BCUT2D eigenvalue weighted by molar-refractivity contribution is 0.281. The summed E-state index contributed by atoms with van der Waals surface area (Å²) in [5.74, 6) is 1.37. The van der Waals surface area contributed by atoms with Crippen LogP contribution in [0.4, 0.5) is 5.82 Å². The van der Waals surface area contributed by atoms with Crippen molar-refractivity contribution in [2.45, 2.75) is 30.8 Å². The zero-order valence-electron chi connectivity index (χ0n) is 13.4. The van der Waals surface area contributed by atoms with Crippen molar-refractivity contribution in [1.82, 2.24) is 19.9 Å². The Morgan fingerprint density at radius 2 is 2.17 bits per heavy atom. The van der Waals surface area contributed by atoms with E-state index in [2.05, 4.69) is 25.3 Å². The molecule has 0 unspecified atom stereocenters. The highest BCUT2D eigenvalue weighted by molar-refractivity contribution is 7.98. The number of ether oxygens (including phenoxy) is 1. The summed E-state index contributed by atoms with van der Waals surface area (Å²) in [4.78, 5) is 17.9. The van der Waals surface area contributed by atoms with Crippen molar-refractivity contribution in [2.75, 3.05) is 19.0 Å². The lowest BCUT2D eigenvalue weighted by Crippen LogP contribution is -2.20. The third-order valence-electron chi connectivity index (χ3n) is 3.06. The number of aliphatic hydroxyl groups excluding tert-OH is 1. The summed E-state index contributed by atoms with van der Waals surface area (Å²) >= 11 is 4.52. The molecule has 0 amide bonds. The Hall–Kier alpha value is -1.49. The Morgan fingerprint density at radius 3 is 2.83 bits per heavy atom. The van der Waals surface area contributed by atoms with Crippen LogP contribution in [0.2, 0.25) is 0 Å². The van der Waals surface area contributed by atoms with Crippen LogP contribution < -0.4 is 10.1 Å². The van der Waals surface area contributed by atoms with Crippen LogP contribution in [0.5, 0.6) is 5.19 Å². The van der Waals surface area contributed by atoms with Crippen molar-refractivity contribution < 1.29 is 9.84 Å². The standard InChI is InChI=1S/C14H17N5O2S3/c1-7(4-20)15-11-10-12(19-14(21-3)24-10)18-13(17-11)23-6-9-5-22-8(2)16-9/h5,7,20H,4,6H2,1-3H3,(H,15,17,18)/t7-/m1/s1. The van der Waals surface area contributed by atoms with Crippen molar-refractivity contribution in [3.63, 3.8) is 0 Å². The lowest BCUT2D eigenvalue weighted by atomic mass is 10.3. The van der Waals surface area contributed by atoms with Crippen LogP contribution in [0.1, 0.15) is 17.6 Å². The summed E-state index contributed by atoms with van der Waals surface area (Å²) in [5.41, 5.74) is 1.61. The number of hydrogen-bond donors (Lipinski definition) is 2. The summed E-state index contributed by atoms with van der Waals surface area (Å²) in [7, 11) is 1.58. The summed E-state index contributed by atoms with van der Waals surface area (Å²) in [6.07, 6.45) is 0. The smallest absolute Gasteiger partial charge is 0.275 e. The number of aromatic nitrogens is 4. The van der Waals surface area contributed by atoms with E-state index in [-0.39, 0.29) is 12.6 Å². The second-order valence-electron chi connectivity index (χ2n) is 5.07. The largest absolute Gasteiger partial charge is 0.473 e. The number of thiazole rings is 2. The van der Waals surface area contributed by atoms with Gasteiger partial charge >= 0.3 is 0 Å². The van der Waals surface area contributed by atoms with Gasteiger partial charge < -0.3 is 15.2 Å². The molecule has 0 aliphatic carbocycles. The maximum Gasteiger partial charge on any atom is 0.275 e. The first-order valence-electron chi connectivity index (χ1n) is 7.22. The first-order valence-corrected chi connectivity index (χ1v) is 9.91. The third-order valence-corrected chi connectivity index (χ3v) is 5.78. The number of rotatable bonds is 7. The number of hydrogen-bond acceptors (Lipinski definition) is 10. The molecule has 1 atom stereocenters. The van der Waals surface area contributed by atoms with Gasteiger partial charge in [0.25, 0.3) is 5.19 Å². The Kier molecular flexibility index (Phi) is 5.49.